The van der Waals surface area contributed by atoms with Crippen molar-refractivity contribution in [3.05, 3.63) is 54.4 Å². The van der Waals surface area contributed by atoms with Gasteiger partial charge in [0.25, 0.3) is 11.7 Å². The highest BCUT2D eigenvalue weighted by molar-refractivity contribution is 5.92. The Morgan fingerprint density at radius 2 is 2.24 bits per heavy atom. The first-order valence-corrected chi connectivity index (χ1v) is 7.73. The SMILES string of the molecule is O=C(NCCCc1cnc2ncnn2c1)c1cc(-c2ccco2)on1. The summed E-state index contributed by atoms with van der Waals surface area (Å²) >= 11 is 0. The lowest BCUT2D eigenvalue weighted by molar-refractivity contribution is 0.0944. The second kappa shape index (κ2) is 6.56. The summed E-state index contributed by atoms with van der Waals surface area (Å²) in [6.07, 6.45) is 8.16. The van der Waals surface area contributed by atoms with Crippen LogP contribution in [0.15, 0.2) is 52.1 Å². The van der Waals surface area contributed by atoms with Crippen LogP contribution < -0.4 is 5.32 Å². The molecule has 4 rings (SSSR count). The van der Waals surface area contributed by atoms with Gasteiger partial charge in [-0.25, -0.2) is 9.50 Å². The first-order chi connectivity index (χ1) is 12.3. The van der Waals surface area contributed by atoms with E-state index in [0.29, 0.717) is 23.8 Å². The summed E-state index contributed by atoms with van der Waals surface area (Å²) in [5.74, 6) is 1.23. The number of hydrogen-bond donors (Lipinski definition) is 1. The quantitative estimate of drug-likeness (QED) is 0.533. The van der Waals surface area contributed by atoms with Crippen molar-refractivity contribution in [1.29, 1.82) is 0 Å². The first-order valence-electron chi connectivity index (χ1n) is 7.73. The molecule has 9 heteroatoms. The number of furan rings is 1. The summed E-state index contributed by atoms with van der Waals surface area (Å²) in [5.41, 5.74) is 1.24. The van der Waals surface area contributed by atoms with Gasteiger partial charge in [-0.3, -0.25) is 4.79 Å². The molecule has 9 nitrogen and oxygen atoms in total. The zero-order valence-electron chi connectivity index (χ0n) is 13.1. The van der Waals surface area contributed by atoms with Crippen LogP contribution in [0.2, 0.25) is 0 Å². The van der Waals surface area contributed by atoms with E-state index in [2.05, 4.69) is 25.5 Å². The third-order valence-electron chi connectivity index (χ3n) is 3.62. The fourth-order valence-corrected chi connectivity index (χ4v) is 2.39. The van der Waals surface area contributed by atoms with Gasteiger partial charge in [0.15, 0.2) is 11.5 Å². The molecule has 4 aromatic heterocycles. The normalized spacial score (nSPS) is 11.0. The topological polar surface area (TPSA) is 111 Å². The number of carbonyl (C=O) groups is 1. The van der Waals surface area contributed by atoms with E-state index in [1.54, 1.807) is 28.9 Å². The number of aryl methyl sites for hydroxylation is 1. The van der Waals surface area contributed by atoms with E-state index in [9.17, 15) is 4.79 Å². The molecule has 25 heavy (non-hydrogen) atoms. The largest absolute Gasteiger partial charge is 0.461 e. The number of fused-ring (bicyclic) bond motifs is 1. The summed E-state index contributed by atoms with van der Waals surface area (Å²) in [6.45, 7) is 0.511. The predicted molar refractivity (Wildman–Crippen MR) is 85.6 cm³/mol. The maximum Gasteiger partial charge on any atom is 0.273 e. The lowest BCUT2D eigenvalue weighted by atomic mass is 10.2. The van der Waals surface area contributed by atoms with E-state index in [4.69, 9.17) is 8.94 Å². The monoisotopic (exact) mass is 338 g/mol. The molecule has 0 aliphatic heterocycles. The second-order valence-corrected chi connectivity index (χ2v) is 5.38. The molecular weight excluding hydrogens is 324 g/mol. The van der Waals surface area contributed by atoms with Gasteiger partial charge in [-0.1, -0.05) is 5.16 Å². The molecule has 4 aromatic rings. The van der Waals surface area contributed by atoms with Crippen molar-refractivity contribution in [1.82, 2.24) is 30.1 Å². The van der Waals surface area contributed by atoms with E-state index in [1.807, 2.05) is 6.20 Å². The van der Waals surface area contributed by atoms with Gasteiger partial charge in [-0.05, 0) is 30.5 Å². The van der Waals surface area contributed by atoms with Gasteiger partial charge in [0.1, 0.15) is 6.33 Å². The summed E-state index contributed by atoms with van der Waals surface area (Å²) in [5, 5.41) is 10.6. The molecule has 0 unspecified atom stereocenters. The molecule has 126 valence electrons. The number of amides is 1. The van der Waals surface area contributed by atoms with Gasteiger partial charge in [0, 0.05) is 25.0 Å². The van der Waals surface area contributed by atoms with Gasteiger partial charge in [0.05, 0.1) is 6.26 Å². The fraction of sp³-hybridized carbons (Fsp3) is 0.188. The average Bonchev–Trinajstić information content (AvgIpc) is 3.38. The maximum absolute atomic E-state index is 12.1. The number of aromatic nitrogens is 5. The highest BCUT2D eigenvalue weighted by atomic mass is 16.5. The molecule has 0 aromatic carbocycles. The fourth-order valence-electron chi connectivity index (χ4n) is 2.39. The third-order valence-corrected chi connectivity index (χ3v) is 3.62. The molecule has 0 saturated carbocycles. The number of nitrogens with one attached hydrogen (secondary N) is 1. The molecule has 4 heterocycles. The van der Waals surface area contributed by atoms with Crippen LogP contribution in [0.3, 0.4) is 0 Å². The molecule has 0 bridgehead atoms. The van der Waals surface area contributed by atoms with E-state index in [-0.39, 0.29) is 11.6 Å². The van der Waals surface area contributed by atoms with Crippen molar-refractivity contribution in [3.8, 4) is 11.5 Å². The van der Waals surface area contributed by atoms with Crippen LogP contribution in [-0.4, -0.2) is 37.2 Å². The minimum Gasteiger partial charge on any atom is -0.461 e. The van der Waals surface area contributed by atoms with Gasteiger partial charge in [-0.2, -0.15) is 10.1 Å². The number of carbonyl (C=O) groups excluding carboxylic acids is 1. The predicted octanol–water partition coefficient (Wildman–Crippen LogP) is 1.73. The van der Waals surface area contributed by atoms with Crippen LogP contribution in [0.4, 0.5) is 0 Å². The van der Waals surface area contributed by atoms with Gasteiger partial charge in [0.2, 0.25) is 5.76 Å². The Balaban J connectivity index is 1.28. The van der Waals surface area contributed by atoms with Crippen molar-refractivity contribution >= 4 is 11.7 Å². The molecule has 1 amide bonds. The molecule has 0 radical (unpaired) electrons. The summed E-state index contributed by atoms with van der Waals surface area (Å²) < 4.78 is 11.9. The van der Waals surface area contributed by atoms with Crippen molar-refractivity contribution in [2.75, 3.05) is 6.54 Å². The molecular formula is C16H14N6O3. The summed E-state index contributed by atoms with van der Waals surface area (Å²) in [7, 11) is 0. The van der Waals surface area contributed by atoms with Crippen LogP contribution >= 0.6 is 0 Å². The molecule has 0 aliphatic rings. The van der Waals surface area contributed by atoms with E-state index >= 15 is 0 Å². The van der Waals surface area contributed by atoms with Gasteiger partial charge < -0.3 is 14.3 Å². The van der Waals surface area contributed by atoms with E-state index < -0.39 is 0 Å². The Hall–Kier alpha value is -3.49. The zero-order chi connectivity index (χ0) is 17.1. The standard InChI is InChI=1S/C16H14N6O3/c23-15(12-7-14(25-21-12)13-4-2-6-24-13)17-5-1-3-11-8-18-16-19-10-20-22(16)9-11/h2,4,6-10H,1,3,5H2,(H,17,23). The third kappa shape index (κ3) is 3.25. The van der Waals surface area contributed by atoms with Gasteiger partial charge >= 0.3 is 0 Å². The Morgan fingerprint density at radius 1 is 1.28 bits per heavy atom. The minimum atomic E-state index is -0.286. The van der Waals surface area contributed by atoms with E-state index in [0.717, 1.165) is 18.4 Å². The highest BCUT2D eigenvalue weighted by Gasteiger charge is 2.14. The van der Waals surface area contributed by atoms with Crippen molar-refractivity contribution in [2.45, 2.75) is 12.8 Å². The minimum absolute atomic E-state index is 0.220. The average molecular weight is 338 g/mol. The Kier molecular flexibility index (Phi) is 3.95. The highest BCUT2D eigenvalue weighted by Crippen LogP contribution is 2.20. The Labute approximate surface area is 141 Å². The smallest absolute Gasteiger partial charge is 0.273 e. The van der Waals surface area contributed by atoms with Crippen LogP contribution in [-0.2, 0) is 6.42 Å². The Morgan fingerprint density at radius 3 is 3.12 bits per heavy atom. The molecule has 0 spiro atoms. The number of hydrogen-bond acceptors (Lipinski definition) is 7. The molecule has 0 atom stereocenters. The van der Waals surface area contributed by atoms with Crippen LogP contribution in [0.25, 0.3) is 17.3 Å². The molecule has 0 aliphatic carbocycles. The second-order valence-electron chi connectivity index (χ2n) is 5.38. The van der Waals surface area contributed by atoms with Crippen molar-refractivity contribution in [3.63, 3.8) is 0 Å². The number of rotatable bonds is 6. The maximum atomic E-state index is 12.1. The molecule has 0 saturated heterocycles. The molecule has 1 N–H and O–H groups in total. The lowest BCUT2D eigenvalue weighted by Crippen LogP contribution is -2.25. The molecule has 0 fully saturated rings. The van der Waals surface area contributed by atoms with Crippen LogP contribution in [0.5, 0.6) is 0 Å². The van der Waals surface area contributed by atoms with Crippen molar-refractivity contribution in [2.24, 2.45) is 0 Å². The summed E-state index contributed by atoms with van der Waals surface area (Å²) in [6, 6.07) is 5.03. The van der Waals surface area contributed by atoms with E-state index in [1.165, 1.54) is 12.6 Å². The summed E-state index contributed by atoms with van der Waals surface area (Å²) in [4.78, 5) is 20.3. The van der Waals surface area contributed by atoms with Crippen LogP contribution in [0, 0.1) is 0 Å². The van der Waals surface area contributed by atoms with Gasteiger partial charge in [-0.15, -0.1) is 0 Å². The van der Waals surface area contributed by atoms with Crippen molar-refractivity contribution < 1.29 is 13.7 Å². The first kappa shape index (κ1) is 15.1. The Bertz CT molecular complexity index is 988. The lowest BCUT2D eigenvalue weighted by Gasteiger charge is -2.03. The zero-order valence-corrected chi connectivity index (χ0v) is 13.1. The van der Waals surface area contributed by atoms with Crippen LogP contribution in [0.1, 0.15) is 22.5 Å². The number of nitrogens with zero attached hydrogens (tertiary/aromatic N) is 5.